The maximum atomic E-state index is 13.1. The van der Waals surface area contributed by atoms with Crippen LogP contribution in [-0.2, 0) is 17.6 Å². The SMILES string of the molecule is C[C@H](/C=C/CCc1ccccc1)OC(=NCCc1ccccc1)C(F)(F)F. The number of aryl methyl sites for hydroxylation is 1. The summed E-state index contributed by atoms with van der Waals surface area (Å²) in [5.41, 5.74) is 2.13. The third kappa shape index (κ3) is 8.11. The minimum atomic E-state index is -4.59. The Hall–Kier alpha value is -2.56. The van der Waals surface area contributed by atoms with E-state index >= 15 is 0 Å². The molecule has 5 heteroatoms. The van der Waals surface area contributed by atoms with Gasteiger partial charge in [0, 0.05) is 6.54 Å². The number of rotatable bonds is 8. The Morgan fingerprint density at radius 1 is 0.963 bits per heavy atom. The first-order valence-corrected chi connectivity index (χ1v) is 8.98. The topological polar surface area (TPSA) is 21.6 Å². The Morgan fingerprint density at radius 2 is 1.52 bits per heavy atom. The van der Waals surface area contributed by atoms with Crippen LogP contribution in [0.1, 0.15) is 24.5 Å². The Balaban J connectivity index is 1.84. The van der Waals surface area contributed by atoms with Crippen LogP contribution in [-0.4, -0.2) is 24.7 Å². The molecule has 0 saturated heterocycles. The summed E-state index contributed by atoms with van der Waals surface area (Å²) in [5, 5.41) is 0. The van der Waals surface area contributed by atoms with Gasteiger partial charge in [0.05, 0.1) is 0 Å². The van der Waals surface area contributed by atoms with Gasteiger partial charge >= 0.3 is 6.18 Å². The van der Waals surface area contributed by atoms with Gasteiger partial charge in [0.2, 0.25) is 0 Å². The van der Waals surface area contributed by atoms with Gasteiger partial charge in [0.15, 0.2) is 0 Å². The van der Waals surface area contributed by atoms with Crippen molar-refractivity contribution in [1.29, 1.82) is 0 Å². The van der Waals surface area contributed by atoms with E-state index in [-0.39, 0.29) is 6.54 Å². The quantitative estimate of drug-likeness (QED) is 0.325. The third-order valence-corrected chi connectivity index (χ3v) is 3.89. The zero-order valence-corrected chi connectivity index (χ0v) is 15.3. The first-order valence-electron chi connectivity index (χ1n) is 8.98. The third-order valence-electron chi connectivity index (χ3n) is 3.89. The highest BCUT2D eigenvalue weighted by atomic mass is 19.4. The molecule has 0 aliphatic heterocycles. The minimum Gasteiger partial charge on any atom is -0.467 e. The molecule has 2 aromatic carbocycles. The molecular weight excluding hydrogens is 351 g/mol. The predicted octanol–water partition coefficient (Wildman–Crippen LogP) is 5.78. The molecule has 0 aromatic heterocycles. The molecule has 0 radical (unpaired) electrons. The first kappa shape index (κ1) is 20.7. The van der Waals surface area contributed by atoms with Crippen molar-refractivity contribution in [3.05, 3.63) is 83.9 Å². The molecule has 0 amide bonds. The van der Waals surface area contributed by atoms with E-state index in [2.05, 4.69) is 4.99 Å². The summed E-state index contributed by atoms with van der Waals surface area (Å²) < 4.78 is 44.5. The molecule has 0 aliphatic rings. The number of nitrogens with zero attached hydrogens (tertiary/aromatic N) is 1. The molecule has 0 spiro atoms. The molecular formula is C22H24F3NO. The van der Waals surface area contributed by atoms with Gasteiger partial charge < -0.3 is 4.74 Å². The normalized spacial score (nSPS) is 13.7. The van der Waals surface area contributed by atoms with Crippen molar-refractivity contribution in [1.82, 2.24) is 0 Å². The van der Waals surface area contributed by atoms with Gasteiger partial charge in [0.25, 0.3) is 5.90 Å². The van der Waals surface area contributed by atoms with Crippen LogP contribution in [0.5, 0.6) is 0 Å². The van der Waals surface area contributed by atoms with Crippen LogP contribution in [0.15, 0.2) is 77.8 Å². The summed E-state index contributed by atoms with van der Waals surface area (Å²) in [6.07, 6.45) is 0.203. The summed E-state index contributed by atoms with van der Waals surface area (Å²) in [6.45, 7) is 1.61. The van der Waals surface area contributed by atoms with Crippen molar-refractivity contribution in [3.8, 4) is 0 Å². The molecule has 0 bridgehead atoms. The molecule has 0 saturated carbocycles. The van der Waals surface area contributed by atoms with Crippen molar-refractivity contribution >= 4 is 5.90 Å². The maximum Gasteiger partial charge on any atom is 0.468 e. The number of alkyl halides is 3. The van der Waals surface area contributed by atoms with E-state index in [1.54, 1.807) is 13.0 Å². The van der Waals surface area contributed by atoms with E-state index in [4.69, 9.17) is 4.74 Å². The van der Waals surface area contributed by atoms with Crippen LogP contribution >= 0.6 is 0 Å². The van der Waals surface area contributed by atoms with E-state index < -0.39 is 18.2 Å². The highest BCUT2D eigenvalue weighted by Crippen LogP contribution is 2.20. The number of aliphatic imine (C=N–C) groups is 1. The Bertz CT molecular complexity index is 724. The molecule has 2 rings (SSSR count). The number of halogens is 3. The van der Waals surface area contributed by atoms with Crippen molar-refractivity contribution < 1.29 is 17.9 Å². The first-order chi connectivity index (χ1) is 12.9. The molecule has 1 atom stereocenters. The lowest BCUT2D eigenvalue weighted by Gasteiger charge is -2.15. The van der Waals surface area contributed by atoms with Crippen LogP contribution < -0.4 is 0 Å². The fraction of sp³-hybridized carbons (Fsp3) is 0.318. The summed E-state index contributed by atoms with van der Waals surface area (Å²) in [6, 6.07) is 19.2. The molecule has 144 valence electrons. The van der Waals surface area contributed by atoms with Crippen LogP contribution in [0.4, 0.5) is 13.2 Å². The van der Waals surface area contributed by atoms with Gasteiger partial charge in [0.1, 0.15) is 6.10 Å². The summed E-state index contributed by atoms with van der Waals surface area (Å²) in [4.78, 5) is 3.64. The van der Waals surface area contributed by atoms with Gasteiger partial charge in [-0.05, 0) is 43.4 Å². The minimum absolute atomic E-state index is 0.0310. The maximum absolute atomic E-state index is 13.1. The number of allylic oxidation sites excluding steroid dienone is 1. The van der Waals surface area contributed by atoms with Crippen LogP contribution in [0, 0.1) is 0 Å². The van der Waals surface area contributed by atoms with E-state index in [0.717, 1.165) is 18.4 Å². The fourth-order valence-electron chi connectivity index (χ4n) is 2.52. The van der Waals surface area contributed by atoms with Crippen molar-refractivity contribution in [2.45, 2.75) is 38.5 Å². The number of hydrogen-bond donors (Lipinski definition) is 0. The molecule has 0 heterocycles. The van der Waals surface area contributed by atoms with E-state index in [9.17, 15) is 13.2 Å². The summed E-state index contributed by atoms with van der Waals surface area (Å²) in [5.74, 6) is -1.17. The second-order valence-corrected chi connectivity index (χ2v) is 6.20. The van der Waals surface area contributed by atoms with Gasteiger partial charge in [-0.25, -0.2) is 4.99 Å². The molecule has 27 heavy (non-hydrogen) atoms. The van der Waals surface area contributed by atoms with Crippen LogP contribution in [0.3, 0.4) is 0 Å². The van der Waals surface area contributed by atoms with Crippen LogP contribution in [0.2, 0.25) is 0 Å². The Kier molecular flexibility index (Phi) is 8.11. The van der Waals surface area contributed by atoms with Crippen LogP contribution in [0.25, 0.3) is 0 Å². The van der Waals surface area contributed by atoms with Gasteiger partial charge in [-0.1, -0.05) is 66.7 Å². The van der Waals surface area contributed by atoms with Gasteiger partial charge in [-0.2, -0.15) is 13.2 Å². The van der Waals surface area contributed by atoms with Gasteiger partial charge in [-0.15, -0.1) is 0 Å². The molecule has 0 unspecified atom stereocenters. The zero-order chi connectivity index (χ0) is 19.5. The molecule has 0 fully saturated rings. The summed E-state index contributed by atoms with van der Waals surface area (Å²) in [7, 11) is 0. The monoisotopic (exact) mass is 375 g/mol. The number of benzene rings is 2. The Labute approximate surface area is 158 Å². The molecule has 2 aromatic rings. The number of hydrogen-bond acceptors (Lipinski definition) is 2. The van der Waals surface area contributed by atoms with Gasteiger partial charge in [-0.3, -0.25) is 0 Å². The lowest BCUT2D eigenvalue weighted by Crippen LogP contribution is -2.29. The molecule has 0 N–H and O–H groups in total. The molecule has 2 nitrogen and oxygen atoms in total. The lowest BCUT2D eigenvalue weighted by atomic mass is 10.1. The second kappa shape index (κ2) is 10.6. The zero-order valence-electron chi connectivity index (χ0n) is 15.3. The van der Waals surface area contributed by atoms with Crippen molar-refractivity contribution in [2.75, 3.05) is 6.54 Å². The smallest absolute Gasteiger partial charge is 0.467 e. The molecule has 0 aliphatic carbocycles. The van der Waals surface area contributed by atoms with E-state index in [1.165, 1.54) is 5.56 Å². The van der Waals surface area contributed by atoms with E-state index in [1.807, 2.05) is 66.7 Å². The predicted molar refractivity (Wildman–Crippen MR) is 103 cm³/mol. The largest absolute Gasteiger partial charge is 0.468 e. The summed E-state index contributed by atoms with van der Waals surface area (Å²) >= 11 is 0. The average molecular weight is 375 g/mol. The Morgan fingerprint density at radius 3 is 2.07 bits per heavy atom. The lowest BCUT2D eigenvalue weighted by molar-refractivity contribution is -0.0808. The van der Waals surface area contributed by atoms with Crippen molar-refractivity contribution in [2.24, 2.45) is 4.99 Å². The highest BCUT2D eigenvalue weighted by Gasteiger charge is 2.38. The van der Waals surface area contributed by atoms with Crippen molar-refractivity contribution in [3.63, 3.8) is 0 Å². The average Bonchev–Trinajstić information content (AvgIpc) is 2.65. The second-order valence-electron chi connectivity index (χ2n) is 6.20. The highest BCUT2D eigenvalue weighted by molar-refractivity contribution is 5.82. The van der Waals surface area contributed by atoms with E-state index in [0.29, 0.717) is 6.42 Å². The standard InChI is InChI=1S/C22H24F3NO/c1-18(10-8-9-15-19-11-4-2-5-12-19)27-21(22(23,24)25)26-17-16-20-13-6-3-7-14-20/h2-8,10-14,18H,9,15-17H2,1H3/b10-8+,26-21?/t18-/m1/s1. The fourth-order valence-corrected chi connectivity index (χ4v) is 2.52. The number of ether oxygens (including phenoxy) is 1.